The predicted octanol–water partition coefficient (Wildman–Crippen LogP) is 4.28. The third-order valence-electron chi connectivity index (χ3n) is 5.79. The first-order chi connectivity index (χ1) is 14.8. The third-order valence-corrected chi connectivity index (χ3v) is 6.53. The minimum Gasteiger partial charge on any atom is -0.465 e. The van der Waals surface area contributed by atoms with Crippen molar-refractivity contribution in [1.82, 2.24) is 9.80 Å². The van der Waals surface area contributed by atoms with E-state index in [-0.39, 0.29) is 19.7 Å². The van der Waals surface area contributed by atoms with Crippen molar-refractivity contribution >= 4 is 41.3 Å². The van der Waals surface area contributed by atoms with Crippen molar-refractivity contribution in [3.05, 3.63) is 69.7 Å². The molecule has 2 aliphatic heterocycles. The summed E-state index contributed by atoms with van der Waals surface area (Å²) in [6.45, 7) is 0.211. The van der Waals surface area contributed by atoms with Crippen LogP contribution in [0, 0.1) is 5.92 Å². The number of carboxylic acid groups (broad SMARTS) is 1. The second-order valence-electron chi connectivity index (χ2n) is 7.70. The SMILES string of the molecule is O=C(O)N1CC(C(=O)N2C(=O)OC[C@H]2Cc2ccccc2)[C@H](c2ccc(Cl)c(Cl)c2)C1. The van der Waals surface area contributed by atoms with Gasteiger partial charge in [-0.15, -0.1) is 0 Å². The number of hydrogen-bond acceptors (Lipinski definition) is 4. The van der Waals surface area contributed by atoms with Gasteiger partial charge >= 0.3 is 12.2 Å². The molecule has 2 aromatic rings. The molecule has 0 aromatic heterocycles. The van der Waals surface area contributed by atoms with Crippen molar-refractivity contribution in [2.24, 2.45) is 5.92 Å². The van der Waals surface area contributed by atoms with Crippen LogP contribution in [0.5, 0.6) is 0 Å². The van der Waals surface area contributed by atoms with Gasteiger partial charge < -0.3 is 14.7 Å². The summed E-state index contributed by atoms with van der Waals surface area (Å²) in [5.74, 6) is -1.63. The van der Waals surface area contributed by atoms with Gasteiger partial charge in [-0.3, -0.25) is 4.79 Å². The molecule has 0 saturated carbocycles. The predicted molar refractivity (Wildman–Crippen MR) is 114 cm³/mol. The lowest BCUT2D eigenvalue weighted by Gasteiger charge is -2.25. The average molecular weight is 463 g/mol. The van der Waals surface area contributed by atoms with Gasteiger partial charge in [-0.1, -0.05) is 59.6 Å². The van der Waals surface area contributed by atoms with Gasteiger partial charge in [0.2, 0.25) is 5.91 Å². The smallest absolute Gasteiger partial charge is 0.416 e. The number of halogens is 2. The molecule has 2 aromatic carbocycles. The van der Waals surface area contributed by atoms with Crippen LogP contribution in [0.2, 0.25) is 10.0 Å². The number of likely N-dealkylation sites (tertiary alicyclic amines) is 1. The Morgan fingerprint density at radius 2 is 1.81 bits per heavy atom. The zero-order valence-electron chi connectivity index (χ0n) is 16.4. The molecule has 2 saturated heterocycles. The number of carbonyl (C=O) groups excluding carboxylic acids is 2. The van der Waals surface area contributed by atoms with Gasteiger partial charge in [-0.05, 0) is 29.7 Å². The summed E-state index contributed by atoms with van der Waals surface area (Å²) in [7, 11) is 0. The van der Waals surface area contributed by atoms with Crippen LogP contribution < -0.4 is 0 Å². The third kappa shape index (κ3) is 4.34. The number of amides is 3. The summed E-state index contributed by atoms with van der Waals surface area (Å²) in [4.78, 5) is 39.9. The number of ether oxygens (including phenoxy) is 1. The van der Waals surface area contributed by atoms with E-state index in [4.69, 9.17) is 27.9 Å². The Bertz CT molecular complexity index is 1020. The Hall–Kier alpha value is -2.77. The molecule has 1 unspecified atom stereocenters. The molecule has 3 amide bonds. The highest BCUT2D eigenvalue weighted by Crippen LogP contribution is 2.37. The van der Waals surface area contributed by atoms with Gasteiger partial charge in [0.1, 0.15) is 6.61 Å². The number of rotatable bonds is 4. The van der Waals surface area contributed by atoms with E-state index in [9.17, 15) is 19.5 Å². The van der Waals surface area contributed by atoms with Crippen molar-refractivity contribution in [2.75, 3.05) is 19.7 Å². The lowest BCUT2D eigenvalue weighted by molar-refractivity contribution is -0.133. The molecular weight excluding hydrogens is 443 g/mol. The van der Waals surface area contributed by atoms with Gasteiger partial charge in [0.25, 0.3) is 0 Å². The van der Waals surface area contributed by atoms with Crippen LogP contribution in [0.4, 0.5) is 9.59 Å². The van der Waals surface area contributed by atoms with Crippen molar-refractivity contribution in [2.45, 2.75) is 18.4 Å². The zero-order chi connectivity index (χ0) is 22.1. The molecule has 0 bridgehead atoms. The van der Waals surface area contributed by atoms with Crippen molar-refractivity contribution < 1.29 is 24.2 Å². The lowest BCUT2D eigenvalue weighted by Crippen LogP contribution is -2.45. The van der Waals surface area contributed by atoms with Crippen LogP contribution in [0.15, 0.2) is 48.5 Å². The summed E-state index contributed by atoms with van der Waals surface area (Å²) in [5.41, 5.74) is 1.67. The Morgan fingerprint density at radius 3 is 2.48 bits per heavy atom. The van der Waals surface area contributed by atoms with E-state index in [0.29, 0.717) is 22.0 Å². The van der Waals surface area contributed by atoms with Gasteiger partial charge in [0, 0.05) is 19.0 Å². The minimum absolute atomic E-state index is 0.0130. The van der Waals surface area contributed by atoms with Crippen molar-refractivity contribution in [1.29, 1.82) is 0 Å². The fraction of sp³-hybridized carbons (Fsp3) is 0.318. The van der Waals surface area contributed by atoms with Crippen LogP contribution in [0.1, 0.15) is 17.0 Å². The Labute approximate surface area is 189 Å². The second-order valence-corrected chi connectivity index (χ2v) is 8.52. The first-order valence-electron chi connectivity index (χ1n) is 9.81. The fourth-order valence-electron chi connectivity index (χ4n) is 4.24. The summed E-state index contributed by atoms with van der Waals surface area (Å²) in [6.07, 6.45) is -1.36. The molecule has 4 rings (SSSR count). The number of carbonyl (C=O) groups is 3. The molecular formula is C22H20Cl2N2O5. The number of imide groups is 1. The second kappa shape index (κ2) is 8.77. The average Bonchev–Trinajstić information content (AvgIpc) is 3.35. The van der Waals surface area contributed by atoms with Gasteiger partial charge in [-0.2, -0.15) is 0 Å². The number of cyclic esters (lactones) is 1. The molecule has 9 heteroatoms. The first-order valence-corrected chi connectivity index (χ1v) is 10.6. The molecule has 2 fully saturated rings. The molecule has 1 N–H and O–H groups in total. The van der Waals surface area contributed by atoms with Crippen LogP contribution in [0.3, 0.4) is 0 Å². The Balaban J connectivity index is 1.62. The van der Waals surface area contributed by atoms with E-state index in [1.54, 1.807) is 18.2 Å². The first kappa shape index (κ1) is 21.5. The maximum Gasteiger partial charge on any atom is 0.416 e. The highest BCUT2D eigenvalue weighted by molar-refractivity contribution is 6.42. The highest BCUT2D eigenvalue weighted by Gasteiger charge is 2.47. The standard InChI is InChI=1S/C22H20Cl2N2O5/c23-18-7-6-14(9-19(18)24)16-10-25(21(28)29)11-17(16)20(27)26-15(12-31-22(26)30)8-13-4-2-1-3-5-13/h1-7,9,15-17H,8,10-12H2,(H,28,29)/t15-,16+,17?/m1/s1. The molecule has 2 heterocycles. The van der Waals surface area contributed by atoms with E-state index in [2.05, 4.69) is 0 Å². The minimum atomic E-state index is -1.12. The quantitative estimate of drug-likeness (QED) is 0.732. The van der Waals surface area contributed by atoms with E-state index < -0.39 is 36.0 Å². The summed E-state index contributed by atoms with van der Waals surface area (Å²) in [6, 6.07) is 14.1. The van der Waals surface area contributed by atoms with E-state index in [1.807, 2.05) is 30.3 Å². The fourth-order valence-corrected chi connectivity index (χ4v) is 4.54. The van der Waals surface area contributed by atoms with Gasteiger partial charge in [-0.25, -0.2) is 14.5 Å². The molecule has 162 valence electrons. The summed E-state index contributed by atoms with van der Waals surface area (Å²) >= 11 is 12.2. The summed E-state index contributed by atoms with van der Waals surface area (Å²) in [5, 5.41) is 10.2. The van der Waals surface area contributed by atoms with Crippen LogP contribution in [-0.2, 0) is 16.0 Å². The number of nitrogens with zero attached hydrogens (tertiary/aromatic N) is 2. The van der Waals surface area contributed by atoms with Gasteiger partial charge in [0.15, 0.2) is 0 Å². The number of hydrogen-bond donors (Lipinski definition) is 1. The molecule has 0 spiro atoms. The Morgan fingerprint density at radius 1 is 1.06 bits per heavy atom. The normalized spacial score (nSPS) is 23.2. The van der Waals surface area contributed by atoms with E-state index in [1.165, 1.54) is 4.90 Å². The maximum atomic E-state index is 13.5. The largest absolute Gasteiger partial charge is 0.465 e. The maximum absolute atomic E-state index is 13.5. The molecule has 7 nitrogen and oxygen atoms in total. The number of benzene rings is 2. The van der Waals surface area contributed by atoms with Gasteiger partial charge in [0.05, 0.1) is 22.0 Å². The zero-order valence-corrected chi connectivity index (χ0v) is 17.9. The Kier molecular flexibility index (Phi) is 6.07. The molecule has 0 aliphatic carbocycles. The molecule has 2 aliphatic rings. The lowest BCUT2D eigenvalue weighted by atomic mass is 9.87. The highest BCUT2D eigenvalue weighted by atomic mass is 35.5. The summed E-state index contributed by atoms with van der Waals surface area (Å²) < 4.78 is 5.18. The van der Waals surface area contributed by atoms with Crippen LogP contribution in [-0.4, -0.2) is 58.7 Å². The van der Waals surface area contributed by atoms with Crippen molar-refractivity contribution in [3.8, 4) is 0 Å². The topological polar surface area (TPSA) is 87.2 Å². The molecule has 0 radical (unpaired) electrons. The monoisotopic (exact) mass is 462 g/mol. The van der Waals surface area contributed by atoms with E-state index in [0.717, 1.165) is 10.5 Å². The molecule has 3 atom stereocenters. The molecule has 31 heavy (non-hydrogen) atoms. The van der Waals surface area contributed by atoms with Crippen LogP contribution >= 0.6 is 23.2 Å². The van der Waals surface area contributed by atoms with Crippen LogP contribution in [0.25, 0.3) is 0 Å². The van der Waals surface area contributed by atoms with E-state index >= 15 is 0 Å². The van der Waals surface area contributed by atoms with Crippen molar-refractivity contribution in [3.63, 3.8) is 0 Å².